The first-order valence-corrected chi connectivity index (χ1v) is 8.92. The van der Waals surface area contributed by atoms with Crippen LogP contribution >= 0.6 is 0 Å². The fourth-order valence-corrected chi connectivity index (χ4v) is 2.33. The molecular weight excluding hydrogens is 738 g/mol. The summed E-state index contributed by atoms with van der Waals surface area (Å²) in [6, 6.07) is 0. The Bertz CT molecular complexity index is 963. The molecule has 0 heterocycles. The molecule has 0 bridgehead atoms. The predicted molar refractivity (Wildman–Crippen MR) is 71.5 cm³/mol. The van der Waals surface area contributed by atoms with Crippen LogP contribution in [0.15, 0.2) is 0 Å². The van der Waals surface area contributed by atoms with Gasteiger partial charge in [-0.15, -0.1) is 0 Å². The van der Waals surface area contributed by atoms with E-state index >= 15 is 0 Å². The van der Waals surface area contributed by atoms with E-state index in [4.69, 9.17) is 0 Å². The fraction of sp³-hybridized carbons (Fsp3) is 1.00. The van der Waals surface area contributed by atoms with Crippen LogP contribution in [0.2, 0.25) is 0 Å². The molecule has 0 aliphatic heterocycles. The lowest BCUT2D eigenvalue weighted by Crippen LogP contribution is -2.79. The highest BCUT2D eigenvalue weighted by atomic mass is 19.4. The standard InChI is InChI=1S/C14F30/c15-1(16,3(19,20)5(23,24)7(27,28)9(31,32)11(35,36)13(39,40)41)2(17,18)4(21,22)6(25,26)8(29,30)10(33,34)12(37,38)14(42,43)44. The highest BCUT2D eigenvalue weighted by Crippen LogP contribution is 2.68. The zero-order valence-corrected chi connectivity index (χ0v) is 18.3. The van der Waals surface area contributed by atoms with Crippen LogP contribution in [0, 0.1) is 0 Å². The number of halogens is 30. The van der Waals surface area contributed by atoms with Gasteiger partial charge < -0.3 is 0 Å². The summed E-state index contributed by atoms with van der Waals surface area (Å²) in [5.41, 5.74) is 0. The molecule has 0 N–H and O–H groups in total. The van der Waals surface area contributed by atoms with Gasteiger partial charge in [-0.1, -0.05) is 0 Å². The second-order valence-corrected chi connectivity index (χ2v) is 7.89. The van der Waals surface area contributed by atoms with E-state index in [0.717, 1.165) is 0 Å². The normalized spacial score (nSPS) is 17.3. The number of hydrogen-bond acceptors (Lipinski definition) is 0. The minimum absolute atomic E-state index is 8.30. The monoisotopic (exact) mass is 738 g/mol. The molecule has 0 saturated heterocycles. The number of hydrogen-bond donors (Lipinski definition) is 0. The van der Waals surface area contributed by atoms with Crippen molar-refractivity contribution < 1.29 is 132 Å². The Morgan fingerprint density at radius 1 is 0.114 bits per heavy atom. The Hall–Kier alpha value is -2.10. The maximum absolute atomic E-state index is 13.5. The maximum Gasteiger partial charge on any atom is 0.460 e. The molecule has 0 aromatic carbocycles. The molecule has 30 heteroatoms. The van der Waals surface area contributed by atoms with Crippen molar-refractivity contribution in [1.29, 1.82) is 0 Å². The highest BCUT2D eigenvalue weighted by Gasteiger charge is 3.01. The molecule has 0 aliphatic rings. The topological polar surface area (TPSA) is 0 Å². The van der Waals surface area contributed by atoms with Crippen molar-refractivity contribution >= 4 is 0 Å². The van der Waals surface area contributed by atoms with Crippen LogP contribution in [0.4, 0.5) is 132 Å². The molecule has 0 rings (SSSR count). The lowest BCUT2D eigenvalue weighted by atomic mass is 9.84. The van der Waals surface area contributed by atoms with Crippen LogP contribution in [0.25, 0.3) is 0 Å². The third-order valence-corrected chi connectivity index (χ3v) is 5.05. The van der Waals surface area contributed by atoms with Gasteiger partial charge in [0.15, 0.2) is 0 Å². The van der Waals surface area contributed by atoms with Gasteiger partial charge in [-0.3, -0.25) is 0 Å². The van der Waals surface area contributed by atoms with E-state index in [1.165, 1.54) is 0 Å². The van der Waals surface area contributed by atoms with Crippen molar-refractivity contribution in [3.63, 3.8) is 0 Å². The van der Waals surface area contributed by atoms with Crippen LogP contribution in [0.1, 0.15) is 0 Å². The zero-order valence-electron chi connectivity index (χ0n) is 18.3. The fourth-order valence-electron chi connectivity index (χ4n) is 2.33. The molecule has 0 unspecified atom stereocenters. The van der Waals surface area contributed by atoms with Gasteiger partial charge in [-0.05, 0) is 0 Å². The van der Waals surface area contributed by atoms with Crippen LogP contribution in [0.3, 0.4) is 0 Å². The van der Waals surface area contributed by atoms with Crippen molar-refractivity contribution in [2.75, 3.05) is 0 Å². The summed E-state index contributed by atoms with van der Waals surface area (Å²) in [4.78, 5) is 0. The largest absolute Gasteiger partial charge is 0.460 e. The van der Waals surface area contributed by atoms with E-state index in [1.54, 1.807) is 0 Å². The van der Waals surface area contributed by atoms with Crippen molar-refractivity contribution in [2.45, 2.75) is 83.4 Å². The molecule has 0 nitrogen and oxygen atoms in total. The number of rotatable bonds is 11. The van der Waals surface area contributed by atoms with Gasteiger partial charge in [0.2, 0.25) is 0 Å². The lowest BCUT2D eigenvalue weighted by Gasteiger charge is -2.46. The first kappa shape index (κ1) is 41.9. The van der Waals surface area contributed by atoms with E-state index in [-0.39, 0.29) is 0 Å². The Morgan fingerprint density at radius 3 is 0.250 bits per heavy atom. The van der Waals surface area contributed by atoms with Gasteiger partial charge in [0.05, 0.1) is 0 Å². The Balaban J connectivity index is 7.52. The summed E-state index contributed by atoms with van der Waals surface area (Å²) in [7, 11) is 0. The van der Waals surface area contributed by atoms with Gasteiger partial charge >= 0.3 is 83.4 Å². The van der Waals surface area contributed by atoms with E-state index in [9.17, 15) is 132 Å². The highest BCUT2D eigenvalue weighted by molar-refractivity contribution is 5.20. The van der Waals surface area contributed by atoms with E-state index in [1.807, 2.05) is 0 Å². The first-order chi connectivity index (χ1) is 18.2. The van der Waals surface area contributed by atoms with Crippen LogP contribution < -0.4 is 0 Å². The smallest absolute Gasteiger partial charge is 0.192 e. The van der Waals surface area contributed by atoms with Crippen molar-refractivity contribution in [1.82, 2.24) is 0 Å². The van der Waals surface area contributed by atoms with Gasteiger partial charge in [-0.25, -0.2) is 0 Å². The Morgan fingerprint density at radius 2 is 0.182 bits per heavy atom. The minimum Gasteiger partial charge on any atom is -0.192 e. The molecule has 0 aromatic heterocycles. The van der Waals surface area contributed by atoms with Crippen LogP contribution in [-0.2, 0) is 0 Å². The average molecular weight is 738 g/mol. The SMILES string of the molecule is FC(F)(F)C(F)(F)C(F)(F)C(F)(F)C(F)(F)C(F)(F)C(F)(F)C(F)(F)C(F)(F)C(F)(F)C(F)(F)C(F)(F)C(F)(F)C(F)(F)F. The molecule has 0 radical (unpaired) electrons. The molecule has 0 atom stereocenters. The van der Waals surface area contributed by atoms with Crippen molar-refractivity contribution in [2.24, 2.45) is 0 Å². The molecule has 0 saturated carbocycles. The summed E-state index contributed by atoms with van der Waals surface area (Å²) >= 11 is 0. The molecule has 0 amide bonds. The summed E-state index contributed by atoms with van der Waals surface area (Å²) in [5, 5.41) is 0. The average Bonchev–Trinajstić information content (AvgIpc) is 2.75. The Kier molecular flexibility index (Phi) is 9.24. The first-order valence-electron chi connectivity index (χ1n) is 8.92. The molecule has 266 valence electrons. The van der Waals surface area contributed by atoms with Crippen molar-refractivity contribution in [3.05, 3.63) is 0 Å². The summed E-state index contributed by atoms with van der Waals surface area (Å²) in [5.74, 6) is -115. The van der Waals surface area contributed by atoms with E-state index < -0.39 is 83.4 Å². The third kappa shape index (κ3) is 4.57. The Labute approximate surface area is 216 Å². The van der Waals surface area contributed by atoms with Crippen molar-refractivity contribution in [3.8, 4) is 0 Å². The molecule has 0 aliphatic carbocycles. The summed E-state index contributed by atoms with van der Waals surface area (Å²) in [6.45, 7) is 0. The van der Waals surface area contributed by atoms with Crippen LogP contribution in [-0.4, -0.2) is 83.4 Å². The number of alkyl halides is 30. The molecule has 0 aromatic rings. The van der Waals surface area contributed by atoms with Crippen LogP contribution in [0.5, 0.6) is 0 Å². The van der Waals surface area contributed by atoms with Gasteiger partial charge in [0, 0.05) is 0 Å². The van der Waals surface area contributed by atoms with Gasteiger partial charge in [-0.2, -0.15) is 132 Å². The quantitative estimate of drug-likeness (QED) is 0.185. The molecule has 0 fully saturated rings. The summed E-state index contributed by atoms with van der Waals surface area (Å²) in [6.07, 6.45) is -16.6. The van der Waals surface area contributed by atoms with Gasteiger partial charge in [0.25, 0.3) is 0 Å². The molecular formula is C14F30. The lowest BCUT2D eigenvalue weighted by molar-refractivity contribution is -0.489. The van der Waals surface area contributed by atoms with E-state index in [2.05, 4.69) is 0 Å². The molecule has 0 spiro atoms. The second kappa shape index (κ2) is 9.71. The molecule has 44 heavy (non-hydrogen) atoms. The zero-order chi connectivity index (χ0) is 37.0. The van der Waals surface area contributed by atoms with Gasteiger partial charge in [0.1, 0.15) is 0 Å². The summed E-state index contributed by atoms with van der Waals surface area (Å²) < 4.78 is 389. The van der Waals surface area contributed by atoms with E-state index in [0.29, 0.717) is 0 Å². The maximum atomic E-state index is 13.5. The minimum atomic E-state index is -9.97. The predicted octanol–water partition coefficient (Wildman–Crippen LogP) is 9.73. The second-order valence-electron chi connectivity index (χ2n) is 7.89. The third-order valence-electron chi connectivity index (χ3n) is 5.05.